The first kappa shape index (κ1) is 13.1. The van der Waals surface area contributed by atoms with E-state index in [2.05, 4.69) is 26.2 Å². The van der Waals surface area contributed by atoms with Crippen LogP contribution in [0, 0.1) is 0 Å². The van der Waals surface area contributed by atoms with Gasteiger partial charge in [0.05, 0.1) is 4.47 Å². The highest BCUT2D eigenvalue weighted by atomic mass is 79.9. The summed E-state index contributed by atoms with van der Waals surface area (Å²) in [5.74, 6) is 0.314. The number of phenols is 1. The van der Waals surface area contributed by atoms with E-state index in [1.165, 1.54) is 5.56 Å². The number of hydrogen-bond acceptors (Lipinski definition) is 3. The third-order valence-corrected chi connectivity index (χ3v) is 3.37. The molecule has 0 spiro atoms. The maximum atomic E-state index is 9.82. The van der Waals surface area contributed by atoms with Crippen LogP contribution in [0.25, 0.3) is 0 Å². The number of aromatic hydroxyl groups is 1. The van der Waals surface area contributed by atoms with Crippen molar-refractivity contribution in [3.8, 4) is 5.75 Å². The van der Waals surface area contributed by atoms with Crippen molar-refractivity contribution in [2.24, 2.45) is 0 Å². The second-order valence-corrected chi connectivity index (χ2v) is 4.88. The SMILES string of the molecule is Oc1c(Br)cccc1CNCCc1ccncc1. The van der Waals surface area contributed by atoms with Crippen molar-refractivity contribution in [2.75, 3.05) is 6.54 Å². The summed E-state index contributed by atoms with van der Waals surface area (Å²) in [5.41, 5.74) is 2.16. The lowest BCUT2D eigenvalue weighted by molar-refractivity contribution is 0.461. The zero-order valence-corrected chi connectivity index (χ0v) is 11.5. The van der Waals surface area contributed by atoms with E-state index in [9.17, 15) is 5.11 Å². The molecule has 2 rings (SSSR count). The van der Waals surface area contributed by atoms with Gasteiger partial charge >= 0.3 is 0 Å². The quantitative estimate of drug-likeness (QED) is 0.835. The van der Waals surface area contributed by atoms with Crippen LogP contribution in [0.15, 0.2) is 47.2 Å². The van der Waals surface area contributed by atoms with Crippen LogP contribution in [-0.2, 0) is 13.0 Å². The number of nitrogens with one attached hydrogen (secondary N) is 1. The maximum Gasteiger partial charge on any atom is 0.134 e. The van der Waals surface area contributed by atoms with Crippen LogP contribution in [0.2, 0.25) is 0 Å². The Hall–Kier alpha value is -1.39. The fraction of sp³-hybridized carbons (Fsp3) is 0.214. The van der Waals surface area contributed by atoms with Crippen molar-refractivity contribution < 1.29 is 5.11 Å². The van der Waals surface area contributed by atoms with E-state index in [1.54, 1.807) is 12.4 Å². The zero-order valence-electron chi connectivity index (χ0n) is 9.94. The molecule has 0 fully saturated rings. The lowest BCUT2D eigenvalue weighted by Crippen LogP contribution is -2.16. The van der Waals surface area contributed by atoms with Gasteiger partial charge in [0.2, 0.25) is 0 Å². The van der Waals surface area contributed by atoms with Crippen molar-refractivity contribution in [1.29, 1.82) is 0 Å². The fourth-order valence-electron chi connectivity index (χ4n) is 1.71. The van der Waals surface area contributed by atoms with Crippen molar-refractivity contribution in [1.82, 2.24) is 10.3 Å². The molecule has 94 valence electrons. The maximum absolute atomic E-state index is 9.82. The molecule has 0 radical (unpaired) electrons. The molecule has 0 amide bonds. The number of pyridine rings is 1. The van der Waals surface area contributed by atoms with Crippen LogP contribution in [0.4, 0.5) is 0 Å². The molecular weight excluding hydrogens is 292 g/mol. The molecule has 1 aromatic carbocycles. The predicted molar refractivity (Wildman–Crippen MR) is 75.5 cm³/mol. The number of para-hydroxylation sites is 1. The van der Waals surface area contributed by atoms with Crippen LogP contribution in [-0.4, -0.2) is 16.6 Å². The molecule has 0 aliphatic heterocycles. The second kappa shape index (κ2) is 6.52. The van der Waals surface area contributed by atoms with E-state index >= 15 is 0 Å². The molecule has 0 aliphatic carbocycles. The minimum atomic E-state index is 0.314. The molecule has 4 heteroatoms. The summed E-state index contributed by atoms with van der Waals surface area (Å²) in [7, 11) is 0. The van der Waals surface area contributed by atoms with Gasteiger partial charge < -0.3 is 10.4 Å². The van der Waals surface area contributed by atoms with Crippen LogP contribution in [0.5, 0.6) is 5.75 Å². The van der Waals surface area contributed by atoms with Gasteiger partial charge in [-0.3, -0.25) is 4.98 Å². The normalized spacial score (nSPS) is 10.5. The van der Waals surface area contributed by atoms with Crippen molar-refractivity contribution in [2.45, 2.75) is 13.0 Å². The van der Waals surface area contributed by atoms with Gasteiger partial charge in [-0.15, -0.1) is 0 Å². The van der Waals surface area contributed by atoms with Gasteiger partial charge in [-0.05, 0) is 52.7 Å². The fourth-order valence-corrected chi connectivity index (χ4v) is 2.12. The third kappa shape index (κ3) is 3.55. The Morgan fingerprint density at radius 1 is 1.17 bits per heavy atom. The van der Waals surface area contributed by atoms with Crippen molar-refractivity contribution in [3.63, 3.8) is 0 Å². The molecule has 1 aromatic heterocycles. The third-order valence-electron chi connectivity index (χ3n) is 2.73. The number of nitrogens with zero attached hydrogens (tertiary/aromatic N) is 1. The first-order chi connectivity index (χ1) is 8.77. The van der Waals surface area contributed by atoms with E-state index in [4.69, 9.17) is 0 Å². The Balaban J connectivity index is 1.81. The molecule has 0 saturated heterocycles. The highest BCUT2D eigenvalue weighted by molar-refractivity contribution is 9.10. The largest absolute Gasteiger partial charge is 0.506 e. The molecule has 0 unspecified atom stereocenters. The smallest absolute Gasteiger partial charge is 0.134 e. The summed E-state index contributed by atoms with van der Waals surface area (Å²) in [6.45, 7) is 1.53. The molecule has 0 bridgehead atoms. The van der Waals surface area contributed by atoms with Gasteiger partial charge in [0, 0.05) is 24.5 Å². The predicted octanol–water partition coefficient (Wildman–Crippen LogP) is 2.88. The van der Waals surface area contributed by atoms with Crippen LogP contribution in [0.3, 0.4) is 0 Å². The summed E-state index contributed by atoms with van der Waals surface area (Å²) < 4.78 is 0.732. The summed E-state index contributed by atoms with van der Waals surface area (Å²) >= 11 is 3.31. The van der Waals surface area contributed by atoms with E-state index in [1.807, 2.05) is 30.3 Å². The Kier molecular flexibility index (Phi) is 4.73. The standard InChI is InChI=1S/C14H15BrN2O/c15-13-3-1-2-12(14(13)18)10-17-9-6-11-4-7-16-8-5-11/h1-5,7-8,17-18H,6,9-10H2. The molecule has 3 nitrogen and oxygen atoms in total. The average molecular weight is 307 g/mol. The van der Waals surface area contributed by atoms with E-state index < -0.39 is 0 Å². The number of phenolic OH excluding ortho intramolecular Hbond substituents is 1. The monoisotopic (exact) mass is 306 g/mol. The lowest BCUT2D eigenvalue weighted by Gasteiger charge is -2.08. The highest BCUT2D eigenvalue weighted by Crippen LogP contribution is 2.27. The number of halogens is 1. The molecule has 2 N–H and O–H groups in total. The number of hydrogen-bond donors (Lipinski definition) is 2. The summed E-state index contributed by atoms with van der Waals surface area (Å²) in [6.07, 6.45) is 4.56. The zero-order chi connectivity index (χ0) is 12.8. The second-order valence-electron chi connectivity index (χ2n) is 4.03. The molecule has 0 saturated carbocycles. The average Bonchev–Trinajstić information content (AvgIpc) is 2.40. The first-order valence-corrected chi connectivity index (χ1v) is 6.62. The van der Waals surface area contributed by atoms with E-state index in [0.29, 0.717) is 12.3 Å². The van der Waals surface area contributed by atoms with Gasteiger partial charge in [0.15, 0.2) is 0 Å². The van der Waals surface area contributed by atoms with Gasteiger partial charge in [0.1, 0.15) is 5.75 Å². The Bertz CT molecular complexity index is 502. The van der Waals surface area contributed by atoms with Crippen LogP contribution >= 0.6 is 15.9 Å². The minimum Gasteiger partial charge on any atom is -0.506 e. The summed E-state index contributed by atoms with van der Waals surface area (Å²) in [4.78, 5) is 3.98. The molecular formula is C14H15BrN2O. The van der Waals surface area contributed by atoms with Crippen molar-refractivity contribution in [3.05, 3.63) is 58.3 Å². The molecule has 0 atom stereocenters. The van der Waals surface area contributed by atoms with Gasteiger partial charge in [-0.1, -0.05) is 12.1 Å². The van der Waals surface area contributed by atoms with E-state index in [-0.39, 0.29) is 0 Å². The van der Waals surface area contributed by atoms with Crippen molar-refractivity contribution >= 4 is 15.9 Å². The summed E-state index contributed by atoms with van der Waals surface area (Å²) in [5, 5.41) is 13.1. The Morgan fingerprint density at radius 2 is 1.94 bits per heavy atom. The van der Waals surface area contributed by atoms with Gasteiger partial charge in [-0.25, -0.2) is 0 Å². The van der Waals surface area contributed by atoms with Gasteiger partial charge in [0.25, 0.3) is 0 Å². The number of benzene rings is 1. The van der Waals surface area contributed by atoms with E-state index in [0.717, 1.165) is 23.0 Å². The first-order valence-electron chi connectivity index (χ1n) is 5.83. The van der Waals surface area contributed by atoms with Crippen LogP contribution < -0.4 is 5.32 Å². The Labute approximate surface area is 115 Å². The molecule has 0 aliphatic rings. The minimum absolute atomic E-state index is 0.314. The molecule has 18 heavy (non-hydrogen) atoms. The Morgan fingerprint density at radius 3 is 2.72 bits per heavy atom. The molecule has 1 heterocycles. The summed E-state index contributed by atoms with van der Waals surface area (Å²) in [6, 6.07) is 9.69. The lowest BCUT2D eigenvalue weighted by atomic mass is 10.2. The highest BCUT2D eigenvalue weighted by Gasteiger charge is 2.03. The topological polar surface area (TPSA) is 45.1 Å². The van der Waals surface area contributed by atoms with Gasteiger partial charge in [-0.2, -0.15) is 0 Å². The number of aromatic nitrogens is 1. The molecule has 2 aromatic rings. The number of rotatable bonds is 5. The van der Waals surface area contributed by atoms with Crippen LogP contribution in [0.1, 0.15) is 11.1 Å².